The number of rotatable bonds is 10. The molecule has 3 fully saturated rings. The lowest BCUT2D eigenvalue weighted by molar-refractivity contribution is -0.346. The van der Waals surface area contributed by atoms with Gasteiger partial charge in [-0.05, 0) is 54.8 Å². The first kappa shape index (κ1) is 44.3. The highest BCUT2D eigenvalue weighted by Crippen LogP contribution is 2.64. The third-order valence-corrected chi connectivity index (χ3v) is 13.5. The minimum absolute atomic E-state index is 0.00289. The SMILES string of the molecule is CC(=O)OC1C(=O)[C@@]2(C)[C@H]([C@H](OC(=O)c3ccccc3)[C@]3(O)CC(OC(=O)[C@H](O)[C@@H](NC(=O)c4ccccc4)c4ccccc4)C(C)=C1C3(C)C)[C@]1(OC(C)=O)CO[C@@H]1C[C@@H]2O. The fraction of sp³-hybridized carbons (Fsp3) is 0.447. The van der Waals surface area contributed by atoms with Crippen molar-refractivity contribution in [1.82, 2.24) is 5.32 Å². The van der Waals surface area contributed by atoms with E-state index in [0.717, 1.165) is 13.8 Å². The number of ether oxygens (including phenoxy) is 5. The third-order valence-electron chi connectivity index (χ3n) is 13.5. The molecule has 15 heteroatoms. The maximum Gasteiger partial charge on any atom is 0.338 e. The Morgan fingerprint density at radius 1 is 0.823 bits per heavy atom. The molecule has 0 radical (unpaired) electrons. The minimum atomic E-state index is -2.39. The molecule has 11 atom stereocenters. The molecular formula is C47H51NO14. The van der Waals surface area contributed by atoms with Gasteiger partial charge in [0.05, 0.1) is 35.6 Å². The molecule has 15 nitrogen and oxygen atoms in total. The van der Waals surface area contributed by atoms with Crippen molar-refractivity contribution in [3.63, 3.8) is 0 Å². The molecule has 2 saturated carbocycles. The van der Waals surface area contributed by atoms with Gasteiger partial charge < -0.3 is 44.3 Å². The van der Waals surface area contributed by atoms with Crippen LogP contribution in [0.5, 0.6) is 0 Å². The molecule has 2 bridgehead atoms. The summed E-state index contributed by atoms with van der Waals surface area (Å²) in [5, 5.41) is 40.2. The normalized spacial score (nSPS) is 31.9. The van der Waals surface area contributed by atoms with Crippen molar-refractivity contribution in [1.29, 1.82) is 0 Å². The Morgan fingerprint density at radius 2 is 1.40 bits per heavy atom. The lowest BCUT2D eigenvalue weighted by Gasteiger charge is -2.67. The zero-order valence-electron chi connectivity index (χ0n) is 35.2. The average molecular weight is 854 g/mol. The summed E-state index contributed by atoms with van der Waals surface area (Å²) in [6.45, 7) is 7.97. The monoisotopic (exact) mass is 853 g/mol. The summed E-state index contributed by atoms with van der Waals surface area (Å²) < 4.78 is 30.3. The number of carbonyl (C=O) groups is 6. The first-order chi connectivity index (χ1) is 29.3. The number of hydrogen-bond donors (Lipinski definition) is 4. The van der Waals surface area contributed by atoms with E-state index in [1.54, 1.807) is 92.7 Å². The van der Waals surface area contributed by atoms with Gasteiger partial charge in [-0.2, -0.15) is 0 Å². The van der Waals surface area contributed by atoms with Crippen LogP contribution in [0.1, 0.15) is 86.7 Å². The highest BCUT2D eigenvalue weighted by molar-refractivity contribution is 5.96. The minimum Gasteiger partial charge on any atom is -0.456 e. The van der Waals surface area contributed by atoms with Crippen LogP contribution in [-0.4, -0.2) is 105 Å². The van der Waals surface area contributed by atoms with Gasteiger partial charge in [0.25, 0.3) is 5.91 Å². The number of aliphatic hydroxyl groups is 3. The van der Waals surface area contributed by atoms with Gasteiger partial charge in [0.1, 0.15) is 23.9 Å². The maximum atomic E-state index is 15.5. The van der Waals surface area contributed by atoms with Crippen molar-refractivity contribution >= 4 is 35.6 Å². The zero-order chi connectivity index (χ0) is 44.9. The fourth-order valence-electron chi connectivity index (χ4n) is 10.2. The molecule has 3 aromatic carbocycles. The molecule has 2 unspecified atom stereocenters. The van der Waals surface area contributed by atoms with Gasteiger partial charge in [0, 0.05) is 37.7 Å². The summed E-state index contributed by atoms with van der Waals surface area (Å²) in [6.07, 6.45) is -10.5. The number of ketones is 1. The summed E-state index contributed by atoms with van der Waals surface area (Å²) in [7, 11) is 0. The van der Waals surface area contributed by atoms with Gasteiger partial charge >= 0.3 is 23.9 Å². The molecular weight excluding hydrogens is 803 g/mol. The largest absolute Gasteiger partial charge is 0.456 e. The van der Waals surface area contributed by atoms with Gasteiger partial charge in [-0.25, -0.2) is 9.59 Å². The van der Waals surface area contributed by atoms with Crippen LogP contribution in [-0.2, 0) is 42.9 Å². The molecule has 328 valence electrons. The van der Waals surface area contributed by atoms with Gasteiger partial charge in [-0.1, -0.05) is 80.6 Å². The molecule has 3 aromatic rings. The van der Waals surface area contributed by atoms with Crippen LogP contribution in [0.15, 0.2) is 102 Å². The van der Waals surface area contributed by atoms with E-state index >= 15 is 4.79 Å². The highest BCUT2D eigenvalue weighted by atomic mass is 16.6. The summed E-state index contributed by atoms with van der Waals surface area (Å²) in [6, 6.07) is 22.9. The molecule has 1 aliphatic heterocycles. The molecule has 0 spiro atoms. The standard InChI is InChI=1S/C47H51NO14/c1-25-31(60-43(56)36(52)35(28-16-10-7-11-17-28)48-41(54)29-18-12-8-13-19-29)23-47(57)40(61-42(55)30-20-14-9-15-21-30)38-45(6,32(51)22-33-46(38,24-58-33)62-27(3)50)39(53)37(59-26(2)49)34(25)44(47,4)5/h7-21,31-33,35-38,40,51-52,57H,22-24H2,1-6H3,(H,48,54)/t31?,32-,33+,35-,36+,37?,38-,40-,45+,46-,47+/m0/s1. The van der Waals surface area contributed by atoms with Crippen LogP contribution in [0.3, 0.4) is 0 Å². The molecule has 0 aromatic heterocycles. The first-order valence-corrected chi connectivity index (χ1v) is 20.5. The van der Waals surface area contributed by atoms with E-state index in [2.05, 4.69) is 5.32 Å². The lowest BCUT2D eigenvalue weighted by atomic mass is 9.44. The second-order valence-electron chi connectivity index (χ2n) is 17.4. The Balaban J connectivity index is 1.39. The van der Waals surface area contributed by atoms with Crippen molar-refractivity contribution < 1.29 is 67.8 Å². The highest BCUT2D eigenvalue weighted by Gasteiger charge is 2.78. The summed E-state index contributed by atoms with van der Waals surface area (Å²) in [5.74, 6) is -6.84. The van der Waals surface area contributed by atoms with Crippen LogP contribution in [0.25, 0.3) is 0 Å². The predicted molar refractivity (Wildman–Crippen MR) is 218 cm³/mol. The number of hydrogen-bond acceptors (Lipinski definition) is 14. The number of amides is 1. The van der Waals surface area contributed by atoms with Crippen molar-refractivity contribution in [2.24, 2.45) is 16.7 Å². The molecule has 1 saturated heterocycles. The van der Waals surface area contributed by atoms with E-state index in [4.69, 9.17) is 23.7 Å². The van der Waals surface area contributed by atoms with Gasteiger partial charge in [-0.3, -0.25) is 19.2 Å². The van der Waals surface area contributed by atoms with Crippen molar-refractivity contribution in [2.75, 3.05) is 6.61 Å². The van der Waals surface area contributed by atoms with Crippen molar-refractivity contribution in [2.45, 2.75) is 108 Å². The lowest BCUT2D eigenvalue weighted by Crippen LogP contribution is -2.82. The number of aliphatic hydroxyl groups excluding tert-OH is 2. The maximum absolute atomic E-state index is 15.5. The van der Waals surface area contributed by atoms with Gasteiger partial charge in [0.15, 0.2) is 23.6 Å². The number of esters is 4. The number of Topliss-reactive ketones (excluding diaryl/α,β-unsaturated/α-hetero) is 1. The molecule has 4 aliphatic rings. The second-order valence-corrected chi connectivity index (χ2v) is 17.4. The number of fused-ring (bicyclic) bond motifs is 5. The zero-order valence-corrected chi connectivity index (χ0v) is 35.2. The molecule has 1 heterocycles. The van der Waals surface area contributed by atoms with Crippen LogP contribution >= 0.6 is 0 Å². The van der Waals surface area contributed by atoms with Gasteiger partial charge in [-0.15, -0.1) is 0 Å². The Hall–Kier alpha value is -5.74. The van der Waals surface area contributed by atoms with E-state index < -0.39 is 113 Å². The quantitative estimate of drug-likeness (QED) is 0.130. The summed E-state index contributed by atoms with van der Waals surface area (Å²) in [5.41, 5.74) is -7.02. The second kappa shape index (κ2) is 16.5. The Labute approximate surface area is 358 Å². The van der Waals surface area contributed by atoms with E-state index in [9.17, 15) is 39.3 Å². The van der Waals surface area contributed by atoms with E-state index in [0.29, 0.717) is 5.56 Å². The fourth-order valence-corrected chi connectivity index (χ4v) is 10.2. The smallest absolute Gasteiger partial charge is 0.338 e. The molecule has 1 amide bonds. The van der Waals surface area contributed by atoms with Gasteiger partial charge in [0.2, 0.25) is 0 Å². The Morgan fingerprint density at radius 3 is 1.95 bits per heavy atom. The molecule has 4 N–H and O–H groups in total. The topological polar surface area (TPSA) is 221 Å². The van der Waals surface area contributed by atoms with E-state index in [1.807, 2.05) is 0 Å². The summed E-state index contributed by atoms with van der Waals surface area (Å²) >= 11 is 0. The van der Waals surface area contributed by atoms with Crippen molar-refractivity contribution in [3.8, 4) is 0 Å². The summed E-state index contributed by atoms with van der Waals surface area (Å²) in [4.78, 5) is 83.5. The number of nitrogens with one attached hydrogen (secondary N) is 1. The van der Waals surface area contributed by atoms with Crippen LogP contribution < -0.4 is 5.32 Å². The average Bonchev–Trinajstić information content (AvgIpc) is 3.24. The van der Waals surface area contributed by atoms with Crippen LogP contribution in [0.2, 0.25) is 0 Å². The van der Waals surface area contributed by atoms with Crippen LogP contribution in [0.4, 0.5) is 0 Å². The van der Waals surface area contributed by atoms with Crippen LogP contribution in [0, 0.1) is 16.7 Å². The first-order valence-electron chi connectivity index (χ1n) is 20.5. The van der Waals surface area contributed by atoms with Crippen molar-refractivity contribution in [3.05, 3.63) is 119 Å². The van der Waals surface area contributed by atoms with E-state index in [1.165, 1.54) is 26.0 Å². The predicted octanol–water partition coefficient (Wildman–Crippen LogP) is 3.74. The Bertz CT molecular complexity index is 2280. The Kier molecular flexibility index (Phi) is 11.8. The third kappa shape index (κ3) is 7.29. The number of benzene rings is 3. The number of carbonyl (C=O) groups excluding carboxylic acids is 6. The van der Waals surface area contributed by atoms with E-state index in [-0.39, 0.29) is 35.3 Å². The molecule has 3 aliphatic carbocycles. The molecule has 62 heavy (non-hydrogen) atoms. The molecule has 7 rings (SSSR count).